The van der Waals surface area contributed by atoms with E-state index in [1.807, 2.05) is 41.0 Å². The standard InChI is InChI=1S/C25H23F3N2O2S/c1-33(31,32)18-14-19(26)22-21(15-18)30(20-8-5-13-29-23(20)22)24(16-6-3-2-4-7-16)17-9-11-25(27,28)12-10-17/h2-8,13-15,17,24H,9-12H2,1H3. The highest BCUT2D eigenvalue weighted by atomic mass is 32.2. The minimum Gasteiger partial charge on any atom is -0.331 e. The lowest BCUT2D eigenvalue weighted by Crippen LogP contribution is -2.30. The summed E-state index contributed by atoms with van der Waals surface area (Å²) in [5, 5.41) is 0.236. The molecule has 2 aromatic heterocycles. The lowest BCUT2D eigenvalue weighted by molar-refractivity contribution is -0.0493. The fourth-order valence-electron chi connectivity index (χ4n) is 5.08. The maximum absolute atomic E-state index is 15.3. The van der Waals surface area contributed by atoms with Crippen molar-refractivity contribution in [2.45, 2.75) is 42.5 Å². The Morgan fingerprint density at radius 1 is 1.03 bits per heavy atom. The van der Waals surface area contributed by atoms with Crippen LogP contribution in [0.4, 0.5) is 13.2 Å². The lowest BCUT2D eigenvalue weighted by atomic mass is 9.79. The summed E-state index contributed by atoms with van der Waals surface area (Å²) in [5.41, 5.74) is 2.37. The van der Waals surface area contributed by atoms with Gasteiger partial charge in [-0.3, -0.25) is 4.98 Å². The summed E-state index contributed by atoms with van der Waals surface area (Å²) in [5.74, 6) is -3.48. The summed E-state index contributed by atoms with van der Waals surface area (Å²) < 4.78 is 69.8. The zero-order valence-electron chi connectivity index (χ0n) is 18.0. The first-order valence-electron chi connectivity index (χ1n) is 10.9. The van der Waals surface area contributed by atoms with Crippen LogP contribution in [0.1, 0.15) is 37.3 Å². The summed E-state index contributed by atoms with van der Waals surface area (Å²) in [4.78, 5) is 4.27. The van der Waals surface area contributed by atoms with Crippen molar-refractivity contribution in [1.29, 1.82) is 0 Å². The van der Waals surface area contributed by atoms with Crippen LogP contribution in [0.25, 0.3) is 21.9 Å². The molecule has 0 aliphatic heterocycles. The molecule has 1 fully saturated rings. The summed E-state index contributed by atoms with van der Waals surface area (Å²) in [6.45, 7) is 0. The van der Waals surface area contributed by atoms with Gasteiger partial charge in [-0.05, 0) is 48.6 Å². The minimum absolute atomic E-state index is 0.126. The molecule has 33 heavy (non-hydrogen) atoms. The number of fused-ring (bicyclic) bond motifs is 3. The molecule has 1 atom stereocenters. The van der Waals surface area contributed by atoms with Crippen LogP contribution >= 0.6 is 0 Å². The number of sulfone groups is 1. The van der Waals surface area contributed by atoms with E-state index >= 15 is 4.39 Å². The third-order valence-electron chi connectivity index (χ3n) is 6.64. The molecule has 1 aliphatic rings. The van der Waals surface area contributed by atoms with Crippen molar-refractivity contribution in [2.24, 2.45) is 5.92 Å². The second-order valence-electron chi connectivity index (χ2n) is 8.86. The number of hydrogen-bond donors (Lipinski definition) is 0. The van der Waals surface area contributed by atoms with E-state index in [9.17, 15) is 17.2 Å². The number of pyridine rings is 1. The summed E-state index contributed by atoms with van der Waals surface area (Å²) in [6.07, 6.45) is 2.80. The molecule has 4 aromatic rings. The second kappa shape index (κ2) is 7.87. The van der Waals surface area contributed by atoms with E-state index < -0.39 is 21.6 Å². The van der Waals surface area contributed by atoms with E-state index in [0.29, 0.717) is 29.4 Å². The topological polar surface area (TPSA) is 52.0 Å². The zero-order chi connectivity index (χ0) is 23.4. The number of benzene rings is 2. The van der Waals surface area contributed by atoms with Crippen LogP contribution in [0, 0.1) is 11.7 Å². The minimum atomic E-state index is -3.67. The third kappa shape index (κ3) is 3.90. The molecule has 0 radical (unpaired) electrons. The number of hydrogen-bond acceptors (Lipinski definition) is 3. The first kappa shape index (κ1) is 21.9. The van der Waals surface area contributed by atoms with Crippen molar-refractivity contribution in [1.82, 2.24) is 9.55 Å². The van der Waals surface area contributed by atoms with Gasteiger partial charge in [-0.1, -0.05) is 30.3 Å². The molecule has 5 rings (SSSR count). The van der Waals surface area contributed by atoms with Crippen molar-refractivity contribution in [3.05, 3.63) is 72.2 Å². The van der Waals surface area contributed by atoms with Crippen molar-refractivity contribution in [2.75, 3.05) is 6.26 Å². The molecule has 0 bridgehead atoms. The largest absolute Gasteiger partial charge is 0.331 e. The maximum Gasteiger partial charge on any atom is 0.248 e. The molecule has 8 heteroatoms. The average molecular weight is 473 g/mol. The highest BCUT2D eigenvalue weighted by molar-refractivity contribution is 7.90. The first-order valence-corrected chi connectivity index (χ1v) is 12.8. The lowest BCUT2D eigenvalue weighted by Gasteiger charge is -2.35. The van der Waals surface area contributed by atoms with Gasteiger partial charge in [-0.25, -0.2) is 21.6 Å². The number of halogens is 3. The predicted octanol–water partition coefficient (Wildman–Crippen LogP) is 6.15. The van der Waals surface area contributed by atoms with Crippen LogP contribution in [0.5, 0.6) is 0 Å². The van der Waals surface area contributed by atoms with Crippen LogP contribution in [0.15, 0.2) is 65.7 Å². The van der Waals surface area contributed by atoms with Crippen molar-refractivity contribution >= 4 is 31.8 Å². The van der Waals surface area contributed by atoms with Gasteiger partial charge in [0.15, 0.2) is 9.84 Å². The third-order valence-corrected chi connectivity index (χ3v) is 7.73. The van der Waals surface area contributed by atoms with E-state index in [-0.39, 0.29) is 35.1 Å². The fraction of sp³-hybridized carbons (Fsp3) is 0.320. The Kier molecular flexibility index (Phi) is 5.23. The Bertz CT molecular complexity index is 1440. The molecule has 0 saturated heterocycles. The molecule has 1 saturated carbocycles. The zero-order valence-corrected chi connectivity index (χ0v) is 18.8. The van der Waals surface area contributed by atoms with E-state index in [4.69, 9.17) is 0 Å². The summed E-state index contributed by atoms with van der Waals surface area (Å²) >= 11 is 0. The van der Waals surface area contributed by atoms with E-state index in [1.54, 1.807) is 12.3 Å². The number of nitrogens with zero attached hydrogens (tertiary/aromatic N) is 2. The maximum atomic E-state index is 15.3. The fourth-order valence-corrected chi connectivity index (χ4v) is 5.72. The highest BCUT2D eigenvalue weighted by Gasteiger charge is 2.39. The van der Waals surface area contributed by atoms with Crippen molar-refractivity contribution < 1.29 is 21.6 Å². The molecule has 1 unspecified atom stereocenters. The number of alkyl halides is 2. The SMILES string of the molecule is CS(=O)(=O)c1cc(F)c2c3ncccc3n(C(c3ccccc3)C3CCC(F)(F)CC3)c2c1. The number of rotatable bonds is 4. The molecule has 0 N–H and O–H groups in total. The highest BCUT2D eigenvalue weighted by Crippen LogP contribution is 2.46. The quantitative estimate of drug-likeness (QED) is 0.358. The van der Waals surface area contributed by atoms with Gasteiger partial charge in [-0.15, -0.1) is 0 Å². The van der Waals surface area contributed by atoms with Crippen LogP contribution in [-0.2, 0) is 9.84 Å². The molecule has 2 aromatic carbocycles. The Morgan fingerprint density at radius 2 is 1.73 bits per heavy atom. The normalized spacial score (nSPS) is 18.1. The smallest absolute Gasteiger partial charge is 0.248 e. The summed E-state index contributed by atoms with van der Waals surface area (Å²) in [6, 6.07) is 15.2. The van der Waals surface area contributed by atoms with Crippen molar-refractivity contribution in [3.8, 4) is 0 Å². The van der Waals surface area contributed by atoms with Crippen LogP contribution in [0.3, 0.4) is 0 Å². The Labute approximate surface area is 190 Å². The Hall–Kier alpha value is -2.87. The van der Waals surface area contributed by atoms with Gasteiger partial charge in [-0.2, -0.15) is 0 Å². The van der Waals surface area contributed by atoms with Gasteiger partial charge in [0.25, 0.3) is 0 Å². The molecular formula is C25H23F3N2O2S. The van der Waals surface area contributed by atoms with Crippen LogP contribution in [-0.4, -0.2) is 30.1 Å². The van der Waals surface area contributed by atoms with Gasteiger partial charge in [0, 0.05) is 25.3 Å². The molecular weight excluding hydrogens is 449 g/mol. The van der Waals surface area contributed by atoms with Crippen LogP contribution < -0.4 is 0 Å². The monoisotopic (exact) mass is 472 g/mol. The second-order valence-corrected chi connectivity index (χ2v) is 10.9. The van der Waals surface area contributed by atoms with Gasteiger partial charge >= 0.3 is 0 Å². The Morgan fingerprint density at radius 3 is 2.39 bits per heavy atom. The number of aromatic nitrogens is 2. The average Bonchev–Trinajstić information content (AvgIpc) is 3.10. The molecule has 2 heterocycles. The molecule has 172 valence electrons. The van der Waals surface area contributed by atoms with Gasteiger partial charge in [0.1, 0.15) is 5.82 Å². The molecule has 1 aliphatic carbocycles. The molecule has 0 amide bonds. The Balaban J connectivity index is 1.83. The van der Waals surface area contributed by atoms with Gasteiger partial charge < -0.3 is 4.57 Å². The summed E-state index contributed by atoms with van der Waals surface area (Å²) in [7, 11) is -3.67. The first-order chi connectivity index (χ1) is 15.7. The van der Waals surface area contributed by atoms with E-state index in [1.165, 1.54) is 6.07 Å². The van der Waals surface area contributed by atoms with Crippen molar-refractivity contribution in [3.63, 3.8) is 0 Å². The predicted molar refractivity (Wildman–Crippen MR) is 122 cm³/mol. The van der Waals surface area contributed by atoms with Gasteiger partial charge in [0.05, 0.1) is 32.9 Å². The molecule has 0 spiro atoms. The van der Waals surface area contributed by atoms with Gasteiger partial charge in [0.2, 0.25) is 5.92 Å². The van der Waals surface area contributed by atoms with E-state index in [2.05, 4.69) is 4.98 Å². The van der Waals surface area contributed by atoms with Crippen LogP contribution in [0.2, 0.25) is 0 Å². The van der Waals surface area contributed by atoms with E-state index in [0.717, 1.165) is 17.9 Å². The molecule has 4 nitrogen and oxygen atoms in total.